The highest BCUT2D eigenvalue weighted by molar-refractivity contribution is 6.31. The quantitative estimate of drug-likeness (QED) is 0.761. The van der Waals surface area contributed by atoms with E-state index in [0.717, 1.165) is 19.6 Å². The van der Waals surface area contributed by atoms with Gasteiger partial charge in [-0.3, -0.25) is 9.69 Å². The van der Waals surface area contributed by atoms with Gasteiger partial charge in [-0.2, -0.15) is 13.2 Å². The van der Waals surface area contributed by atoms with Crippen LogP contribution >= 0.6 is 11.6 Å². The largest absolute Gasteiger partial charge is 0.418 e. The highest BCUT2D eigenvalue weighted by atomic mass is 35.5. The lowest BCUT2D eigenvalue weighted by atomic mass is 9.95. The Morgan fingerprint density at radius 3 is 2.39 bits per heavy atom. The lowest BCUT2D eigenvalue weighted by Crippen LogP contribution is -2.40. The van der Waals surface area contributed by atoms with Gasteiger partial charge < -0.3 is 5.32 Å². The van der Waals surface area contributed by atoms with Gasteiger partial charge >= 0.3 is 6.18 Å². The summed E-state index contributed by atoms with van der Waals surface area (Å²) < 4.78 is 39.6. The van der Waals surface area contributed by atoms with Gasteiger partial charge in [-0.05, 0) is 43.1 Å². The van der Waals surface area contributed by atoms with Crippen LogP contribution in [0.1, 0.15) is 29.5 Å². The molecule has 1 aliphatic rings. The molecule has 2 aromatic rings. The van der Waals surface area contributed by atoms with Crippen LogP contribution in [0.15, 0.2) is 48.5 Å². The van der Waals surface area contributed by atoms with Crippen LogP contribution in [0.5, 0.6) is 0 Å². The Morgan fingerprint density at radius 2 is 1.75 bits per heavy atom. The van der Waals surface area contributed by atoms with E-state index < -0.39 is 11.7 Å². The van der Waals surface area contributed by atoms with Crippen LogP contribution in [0, 0.1) is 5.92 Å². The number of nitrogens with zero attached hydrogens (tertiary/aromatic N) is 1. The molecule has 0 aliphatic carbocycles. The number of benzene rings is 2. The molecule has 3 nitrogen and oxygen atoms in total. The second-order valence-electron chi connectivity index (χ2n) is 7.03. The fourth-order valence-electron chi connectivity index (χ4n) is 3.56. The molecule has 0 radical (unpaired) electrons. The third kappa shape index (κ3) is 5.26. The van der Waals surface area contributed by atoms with E-state index in [0.29, 0.717) is 12.8 Å². The van der Waals surface area contributed by atoms with Gasteiger partial charge in [0.1, 0.15) is 0 Å². The SMILES string of the molecule is O=C(NCc1cccc(Cl)c1C(F)(F)F)C1CCN(Cc2ccccc2)CC1. The van der Waals surface area contributed by atoms with Gasteiger partial charge in [0.2, 0.25) is 5.91 Å². The first-order chi connectivity index (χ1) is 13.3. The molecule has 0 atom stereocenters. The van der Waals surface area contributed by atoms with Crippen LogP contribution < -0.4 is 5.32 Å². The number of alkyl halides is 3. The Balaban J connectivity index is 1.52. The van der Waals surface area contributed by atoms with Crippen LogP contribution in [0.2, 0.25) is 5.02 Å². The second kappa shape index (κ2) is 8.97. The topological polar surface area (TPSA) is 32.3 Å². The van der Waals surface area contributed by atoms with Crippen LogP contribution in [0.25, 0.3) is 0 Å². The van der Waals surface area contributed by atoms with Crippen molar-refractivity contribution in [1.82, 2.24) is 10.2 Å². The average Bonchev–Trinajstić information content (AvgIpc) is 2.66. The van der Waals surface area contributed by atoms with Crippen molar-refractivity contribution in [1.29, 1.82) is 0 Å². The Labute approximate surface area is 167 Å². The molecule has 28 heavy (non-hydrogen) atoms. The number of nitrogens with one attached hydrogen (secondary N) is 1. The number of rotatable bonds is 5. The number of likely N-dealkylation sites (tertiary alicyclic amines) is 1. The first-order valence-electron chi connectivity index (χ1n) is 9.23. The Kier molecular flexibility index (Phi) is 6.62. The third-order valence-corrected chi connectivity index (χ3v) is 5.36. The van der Waals surface area contributed by atoms with Gasteiger partial charge in [-0.1, -0.05) is 54.1 Å². The second-order valence-corrected chi connectivity index (χ2v) is 7.43. The molecule has 0 unspecified atom stereocenters. The maximum atomic E-state index is 13.2. The lowest BCUT2D eigenvalue weighted by Gasteiger charge is -2.31. The molecular weight excluding hydrogens is 389 g/mol. The Morgan fingerprint density at radius 1 is 1.07 bits per heavy atom. The summed E-state index contributed by atoms with van der Waals surface area (Å²) >= 11 is 5.72. The molecule has 1 heterocycles. The minimum absolute atomic E-state index is 0.0186. The Bertz CT molecular complexity index is 803. The molecule has 1 N–H and O–H groups in total. The summed E-state index contributed by atoms with van der Waals surface area (Å²) in [6, 6.07) is 14.1. The summed E-state index contributed by atoms with van der Waals surface area (Å²) in [5.41, 5.74) is 0.329. The molecule has 3 rings (SSSR count). The van der Waals surface area contributed by atoms with Crippen molar-refractivity contribution in [2.75, 3.05) is 13.1 Å². The third-order valence-electron chi connectivity index (χ3n) is 5.04. The maximum absolute atomic E-state index is 13.2. The van der Waals surface area contributed by atoms with E-state index in [-0.39, 0.29) is 29.0 Å². The van der Waals surface area contributed by atoms with E-state index in [9.17, 15) is 18.0 Å². The molecule has 1 amide bonds. The highest BCUT2D eigenvalue weighted by Crippen LogP contribution is 2.37. The van der Waals surface area contributed by atoms with E-state index in [1.807, 2.05) is 18.2 Å². The Hall–Kier alpha value is -2.05. The minimum atomic E-state index is -4.55. The summed E-state index contributed by atoms with van der Waals surface area (Å²) in [5, 5.41) is 2.30. The molecule has 1 aliphatic heterocycles. The van der Waals surface area contributed by atoms with Crippen LogP contribution in [0.4, 0.5) is 13.2 Å². The predicted octanol–water partition coefficient (Wildman–Crippen LogP) is 4.89. The number of carbonyl (C=O) groups excluding carboxylic acids is 1. The van der Waals surface area contributed by atoms with E-state index in [1.54, 1.807) is 0 Å². The first kappa shape index (κ1) is 20.7. The lowest BCUT2D eigenvalue weighted by molar-refractivity contribution is -0.138. The number of carbonyl (C=O) groups is 1. The van der Waals surface area contributed by atoms with Crippen molar-refractivity contribution in [3.8, 4) is 0 Å². The van der Waals surface area contributed by atoms with Gasteiger partial charge in [0, 0.05) is 19.0 Å². The van der Waals surface area contributed by atoms with Crippen molar-refractivity contribution in [3.63, 3.8) is 0 Å². The van der Waals surface area contributed by atoms with Crippen molar-refractivity contribution in [2.45, 2.75) is 32.1 Å². The summed E-state index contributed by atoms with van der Waals surface area (Å²) in [5.74, 6) is -0.381. The normalized spacial score (nSPS) is 16.1. The summed E-state index contributed by atoms with van der Waals surface area (Å²) in [6.45, 7) is 2.24. The molecule has 150 valence electrons. The molecule has 1 saturated heterocycles. The van der Waals surface area contributed by atoms with E-state index >= 15 is 0 Å². The van der Waals surface area contributed by atoms with Crippen LogP contribution in [-0.4, -0.2) is 23.9 Å². The van der Waals surface area contributed by atoms with Crippen LogP contribution in [0.3, 0.4) is 0 Å². The van der Waals surface area contributed by atoms with E-state index in [2.05, 4.69) is 22.3 Å². The zero-order chi connectivity index (χ0) is 20.1. The van der Waals surface area contributed by atoms with Crippen LogP contribution in [-0.2, 0) is 24.1 Å². The van der Waals surface area contributed by atoms with Gasteiger partial charge in [-0.15, -0.1) is 0 Å². The zero-order valence-corrected chi connectivity index (χ0v) is 16.1. The monoisotopic (exact) mass is 410 g/mol. The van der Waals surface area contributed by atoms with Gasteiger partial charge in [-0.25, -0.2) is 0 Å². The van der Waals surface area contributed by atoms with Gasteiger partial charge in [0.15, 0.2) is 0 Å². The number of hydrogen-bond donors (Lipinski definition) is 1. The fourth-order valence-corrected chi connectivity index (χ4v) is 3.86. The van der Waals surface area contributed by atoms with Crippen molar-refractivity contribution < 1.29 is 18.0 Å². The molecule has 7 heteroatoms. The summed E-state index contributed by atoms with van der Waals surface area (Å²) in [6.07, 6.45) is -3.16. The van der Waals surface area contributed by atoms with Gasteiger partial charge in [0.25, 0.3) is 0 Å². The smallest absolute Gasteiger partial charge is 0.352 e. The average molecular weight is 411 g/mol. The standard InChI is InChI=1S/C21H22ClF3N2O/c22-18-8-4-7-17(19(18)21(23,24)25)13-26-20(28)16-9-11-27(12-10-16)14-15-5-2-1-3-6-15/h1-8,16H,9-14H2,(H,26,28). The molecular formula is C21H22ClF3N2O. The maximum Gasteiger partial charge on any atom is 0.418 e. The fraction of sp³-hybridized carbons (Fsp3) is 0.381. The number of amides is 1. The summed E-state index contributed by atoms with van der Waals surface area (Å²) in [4.78, 5) is 14.7. The molecule has 2 aromatic carbocycles. The van der Waals surface area contributed by atoms with Crippen molar-refractivity contribution in [3.05, 3.63) is 70.2 Å². The van der Waals surface area contributed by atoms with Crippen molar-refractivity contribution in [2.24, 2.45) is 5.92 Å². The van der Waals surface area contributed by atoms with E-state index in [4.69, 9.17) is 11.6 Å². The minimum Gasteiger partial charge on any atom is -0.352 e. The molecule has 0 aromatic heterocycles. The first-order valence-corrected chi connectivity index (χ1v) is 9.61. The number of hydrogen-bond acceptors (Lipinski definition) is 2. The molecule has 1 fully saturated rings. The summed E-state index contributed by atoms with van der Waals surface area (Å²) in [7, 11) is 0. The predicted molar refractivity (Wildman–Crippen MR) is 103 cm³/mol. The highest BCUT2D eigenvalue weighted by Gasteiger charge is 2.36. The number of piperidine rings is 1. The van der Waals surface area contributed by atoms with Crippen molar-refractivity contribution >= 4 is 17.5 Å². The molecule has 0 saturated carbocycles. The van der Waals surface area contributed by atoms with E-state index in [1.165, 1.54) is 23.8 Å². The molecule has 0 spiro atoms. The number of halogens is 4. The molecule has 0 bridgehead atoms. The zero-order valence-electron chi connectivity index (χ0n) is 15.3. The van der Waals surface area contributed by atoms with Gasteiger partial charge in [0.05, 0.1) is 10.6 Å².